The molecule has 4 rings (SSSR count). The first-order valence-electron chi connectivity index (χ1n) is 15.1. The molecule has 0 atom stereocenters. The molecule has 0 bridgehead atoms. The van der Waals surface area contributed by atoms with Gasteiger partial charge in [0.1, 0.15) is 0 Å². The minimum Gasteiger partial charge on any atom is -0.872 e. The van der Waals surface area contributed by atoms with Crippen LogP contribution in [0.1, 0.15) is 124 Å². The molecular weight excluding hydrogens is 502 g/mol. The predicted molar refractivity (Wildman–Crippen MR) is 164 cm³/mol. The maximum absolute atomic E-state index is 13.2. The summed E-state index contributed by atoms with van der Waals surface area (Å²) in [4.78, 5) is 4.64. The van der Waals surface area contributed by atoms with Gasteiger partial charge in [0.2, 0.25) is 0 Å². The number of hydrogen-bond acceptors (Lipinski definition) is 5. The van der Waals surface area contributed by atoms with Crippen molar-refractivity contribution < 1.29 is 57.0 Å². The summed E-state index contributed by atoms with van der Waals surface area (Å²) in [5.74, 6) is 0.640. The van der Waals surface area contributed by atoms with Crippen LogP contribution in [0.2, 0.25) is 0 Å². The van der Waals surface area contributed by atoms with Crippen molar-refractivity contribution in [3.63, 3.8) is 0 Å². The third-order valence-electron chi connectivity index (χ3n) is 6.25. The number of nitrogens with zero attached hydrogens (tertiary/aromatic N) is 2. The van der Waals surface area contributed by atoms with Crippen LogP contribution in [0.15, 0.2) is 17.1 Å². The quantitative estimate of drug-likeness (QED) is 0.320. The zero-order chi connectivity index (χ0) is 29.5. The molecule has 3 heterocycles. The van der Waals surface area contributed by atoms with Crippen molar-refractivity contribution in [1.82, 2.24) is 0 Å². The Morgan fingerprint density at radius 2 is 1.10 bits per heavy atom. The van der Waals surface area contributed by atoms with E-state index in [1.807, 2.05) is 33.8 Å². The molecule has 3 aliphatic heterocycles. The standard InChI is InChI=1S/C21H35N2O.3C4H8O.2Li/c1-13(2)22-19(23-14(3)4)16-11-15(20(5,6)7)12-17(18(16)24)21(8,9)10;3*1-2-4-5-3-1;;/h11-14H,1-10H3,(H-,22,23,24);3*1-4H2;;/q-1;;;;2*+1/p-1. The summed E-state index contributed by atoms with van der Waals surface area (Å²) in [6, 6.07) is 4.25. The van der Waals surface area contributed by atoms with E-state index in [9.17, 15) is 5.11 Å². The first kappa shape index (κ1) is 42.7. The molecule has 0 amide bonds. The second kappa shape index (κ2) is 22.1. The fourth-order valence-corrected chi connectivity index (χ4v) is 3.98. The summed E-state index contributed by atoms with van der Waals surface area (Å²) < 4.78 is 14.8. The van der Waals surface area contributed by atoms with Crippen molar-refractivity contribution in [2.24, 2.45) is 4.99 Å². The smallest absolute Gasteiger partial charge is 0.872 e. The van der Waals surface area contributed by atoms with Crippen LogP contribution < -0.4 is 42.8 Å². The van der Waals surface area contributed by atoms with Crippen LogP contribution in [0.5, 0.6) is 5.75 Å². The number of aliphatic imine (C=N–C) groups is 1. The average Bonchev–Trinajstić information content (AvgIpc) is 3.64. The number of rotatable bonds is 3. The fourth-order valence-electron chi connectivity index (χ4n) is 3.98. The molecule has 3 fully saturated rings. The molecule has 8 heteroatoms. The van der Waals surface area contributed by atoms with Gasteiger partial charge in [-0.25, -0.2) is 0 Å². The zero-order valence-corrected chi connectivity index (χ0v) is 28.8. The third kappa shape index (κ3) is 18.8. The summed E-state index contributed by atoms with van der Waals surface area (Å²) in [6.07, 6.45) is 7.67. The zero-order valence-electron chi connectivity index (χ0n) is 28.8. The Kier molecular flexibility index (Phi) is 23.0. The minimum absolute atomic E-state index is 0. The minimum atomic E-state index is -0.214. The van der Waals surface area contributed by atoms with Gasteiger partial charge in [0, 0.05) is 39.6 Å². The second-order valence-corrected chi connectivity index (χ2v) is 13.1. The maximum Gasteiger partial charge on any atom is 1.00 e. The third-order valence-corrected chi connectivity index (χ3v) is 6.25. The molecule has 0 aromatic heterocycles. The Balaban J connectivity index is 0. The van der Waals surface area contributed by atoms with Crippen molar-refractivity contribution in [3.05, 3.63) is 34.1 Å². The largest absolute Gasteiger partial charge is 1.00 e. The molecular formula is C33H58Li2N2O4. The number of ether oxygens (including phenoxy) is 3. The fraction of sp³-hybridized carbons (Fsp3) is 0.788. The van der Waals surface area contributed by atoms with Gasteiger partial charge >= 0.3 is 37.7 Å². The van der Waals surface area contributed by atoms with Crippen molar-refractivity contribution in [1.29, 1.82) is 0 Å². The topological polar surface area (TPSA) is 77.2 Å². The molecule has 3 saturated heterocycles. The van der Waals surface area contributed by atoms with Gasteiger partial charge in [0.15, 0.2) is 0 Å². The van der Waals surface area contributed by atoms with E-state index in [0.717, 1.165) is 50.8 Å². The van der Waals surface area contributed by atoms with E-state index in [4.69, 9.17) is 14.2 Å². The van der Waals surface area contributed by atoms with E-state index in [1.165, 1.54) is 38.5 Å². The van der Waals surface area contributed by atoms with Crippen molar-refractivity contribution in [2.75, 3.05) is 39.6 Å². The molecule has 0 aliphatic carbocycles. The molecule has 0 radical (unpaired) electrons. The monoisotopic (exact) mass is 560 g/mol. The molecule has 3 aliphatic rings. The van der Waals surface area contributed by atoms with Gasteiger partial charge in [-0.05, 0) is 78.1 Å². The molecule has 1 aromatic carbocycles. The first-order valence-corrected chi connectivity index (χ1v) is 15.1. The van der Waals surface area contributed by atoms with E-state index in [-0.39, 0.29) is 66.4 Å². The molecule has 41 heavy (non-hydrogen) atoms. The maximum atomic E-state index is 13.2. The molecule has 0 spiro atoms. The SMILES string of the molecule is C1CCOC1.C1CCOC1.C1CCOC1.CC(C)N=C([N-]C(C)C)c1cc(C(C)(C)C)cc(C(C)(C)C)c1[O-].[Li+].[Li+]. The van der Waals surface area contributed by atoms with Crippen LogP contribution in [0.4, 0.5) is 0 Å². The van der Waals surface area contributed by atoms with Crippen LogP contribution in [-0.2, 0) is 25.0 Å². The van der Waals surface area contributed by atoms with Gasteiger partial charge in [-0.2, -0.15) is 0 Å². The normalized spacial score (nSPS) is 16.8. The van der Waals surface area contributed by atoms with E-state index >= 15 is 0 Å². The number of benzene rings is 1. The van der Waals surface area contributed by atoms with Crippen LogP contribution >= 0.6 is 0 Å². The number of hydrogen-bond donors (Lipinski definition) is 0. The Morgan fingerprint density at radius 1 is 0.707 bits per heavy atom. The predicted octanol–water partition coefficient (Wildman–Crippen LogP) is 1.69. The van der Waals surface area contributed by atoms with Crippen LogP contribution in [0, 0.1) is 0 Å². The Morgan fingerprint density at radius 3 is 1.34 bits per heavy atom. The summed E-state index contributed by atoms with van der Waals surface area (Å²) in [7, 11) is 0. The average molecular weight is 561 g/mol. The first-order chi connectivity index (χ1) is 18.2. The van der Waals surface area contributed by atoms with Gasteiger partial charge < -0.3 is 29.6 Å². The molecule has 0 unspecified atom stereocenters. The van der Waals surface area contributed by atoms with Crippen LogP contribution in [0.3, 0.4) is 0 Å². The van der Waals surface area contributed by atoms with E-state index in [0.29, 0.717) is 11.4 Å². The van der Waals surface area contributed by atoms with Gasteiger partial charge in [0.25, 0.3) is 0 Å². The second-order valence-electron chi connectivity index (χ2n) is 13.1. The molecule has 6 nitrogen and oxygen atoms in total. The van der Waals surface area contributed by atoms with E-state index < -0.39 is 0 Å². The van der Waals surface area contributed by atoms with Crippen molar-refractivity contribution in [3.8, 4) is 5.75 Å². The molecule has 226 valence electrons. The Hall–Kier alpha value is -0.435. The molecule has 1 aromatic rings. The molecule has 0 saturated carbocycles. The van der Waals surface area contributed by atoms with Gasteiger partial charge in [-0.1, -0.05) is 93.0 Å². The Labute approximate surface area is 276 Å². The molecule has 0 N–H and O–H groups in total. The van der Waals surface area contributed by atoms with Gasteiger partial charge in [-0.3, -0.25) is 0 Å². The summed E-state index contributed by atoms with van der Waals surface area (Å²) >= 11 is 0. The van der Waals surface area contributed by atoms with Crippen LogP contribution in [0.25, 0.3) is 5.32 Å². The van der Waals surface area contributed by atoms with E-state index in [1.54, 1.807) is 0 Å². The van der Waals surface area contributed by atoms with Gasteiger partial charge in [0.05, 0.1) is 0 Å². The van der Waals surface area contributed by atoms with Crippen molar-refractivity contribution >= 4 is 5.84 Å². The van der Waals surface area contributed by atoms with Crippen molar-refractivity contribution in [2.45, 2.75) is 131 Å². The summed E-state index contributed by atoms with van der Waals surface area (Å²) in [6.45, 7) is 26.8. The van der Waals surface area contributed by atoms with Crippen LogP contribution in [-0.4, -0.2) is 57.6 Å². The number of amidine groups is 1. The van der Waals surface area contributed by atoms with Gasteiger partial charge in [-0.15, -0.1) is 0 Å². The Bertz CT molecular complexity index is 788. The summed E-state index contributed by atoms with van der Waals surface area (Å²) in [5.41, 5.74) is 2.37. The summed E-state index contributed by atoms with van der Waals surface area (Å²) in [5, 5.41) is 17.8. The van der Waals surface area contributed by atoms with E-state index in [2.05, 4.69) is 57.9 Å².